The molecular weight excluding hydrogens is 479 g/mol. The van der Waals surface area contributed by atoms with Gasteiger partial charge in [0, 0.05) is 11.1 Å². The Morgan fingerprint density at radius 1 is 0.719 bits per heavy atom. The summed E-state index contributed by atoms with van der Waals surface area (Å²) >= 11 is 0.363. The van der Waals surface area contributed by atoms with Crippen LogP contribution in [0.4, 0.5) is 28.2 Å². The van der Waals surface area contributed by atoms with Crippen LogP contribution in [0.1, 0.15) is 11.1 Å². The van der Waals surface area contributed by atoms with E-state index in [4.69, 9.17) is 5.26 Å². The minimum absolute atomic E-state index is 0.0610. The fourth-order valence-corrected chi connectivity index (χ4v) is 3.43. The number of thiocyanates is 1. The summed E-state index contributed by atoms with van der Waals surface area (Å²) in [5.41, 5.74) is 1.54. The Balaban J connectivity index is 1.76. The molecule has 0 amide bonds. The van der Waals surface area contributed by atoms with Gasteiger partial charge in [-0.2, -0.15) is 5.26 Å². The highest BCUT2D eigenvalue weighted by atomic mass is 32.5. The Morgan fingerprint density at radius 2 is 1.19 bits per heavy atom. The SMILES string of the molecule is N#CSc1c(F)cc(C#Cc2ccc(-c3ccc(OS(F)(F)(F)(F)F)cc3)cc2)cc1F. The molecule has 0 spiro atoms. The zero-order valence-electron chi connectivity index (χ0n) is 15.6. The monoisotopic (exact) mass is 489 g/mol. The van der Waals surface area contributed by atoms with Crippen LogP contribution < -0.4 is 4.18 Å². The van der Waals surface area contributed by atoms with Crippen molar-refractivity contribution < 1.29 is 32.4 Å². The molecule has 11 heteroatoms. The highest BCUT2D eigenvalue weighted by Gasteiger charge is 2.67. The predicted octanol–water partition coefficient (Wildman–Crippen LogP) is 8.20. The molecule has 3 aromatic rings. The zero-order chi connectivity index (χ0) is 23.6. The van der Waals surface area contributed by atoms with Crippen molar-refractivity contribution in [2.24, 2.45) is 0 Å². The predicted molar refractivity (Wildman–Crippen MR) is 109 cm³/mol. The first-order valence-electron chi connectivity index (χ1n) is 8.45. The van der Waals surface area contributed by atoms with Gasteiger partial charge in [0.1, 0.15) is 22.8 Å². The van der Waals surface area contributed by atoms with E-state index in [9.17, 15) is 28.2 Å². The van der Waals surface area contributed by atoms with Gasteiger partial charge in [0.2, 0.25) is 0 Å². The van der Waals surface area contributed by atoms with Crippen LogP contribution in [0.3, 0.4) is 0 Å². The normalized spacial score (nSPS) is 13.2. The molecule has 0 fully saturated rings. The molecule has 3 rings (SSSR count). The molecule has 0 unspecified atom stereocenters. The van der Waals surface area contributed by atoms with Crippen molar-refractivity contribution in [1.29, 1.82) is 5.26 Å². The van der Waals surface area contributed by atoms with Gasteiger partial charge < -0.3 is 4.18 Å². The van der Waals surface area contributed by atoms with Gasteiger partial charge in [-0.15, -0.1) is 0 Å². The highest BCUT2D eigenvalue weighted by molar-refractivity contribution is 8.42. The summed E-state index contributed by atoms with van der Waals surface area (Å²) < 4.78 is 92.5. The van der Waals surface area contributed by atoms with E-state index in [0.717, 1.165) is 24.3 Å². The molecule has 166 valence electrons. The smallest absolute Gasteiger partial charge is 0.355 e. The maximum atomic E-state index is 13.8. The van der Waals surface area contributed by atoms with Crippen molar-refractivity contribution in [3.05, 3.63) is 83.4 Å². The summed E-state index contributed by atoms with van der Waals surface area (Å²) in [4.78, 5) is -0.417. The number of hydrogen-bond acceptors (Lipinski definition) is 3. The van der Waals surface area contributed by atoms with E-state index >= 15 is 0 Å². The Morgan fingerprint density at radius 3 is 1.66 bits per heavy atom. The van der Waals surface area contributed by atoms with Crippen molar-refractivity contribution in [3.8, 4) is 34.1 Å². The van der Waals surface area contributed by atoms with E-state index < -0.39 is 32.8 Å². The number of nitrogens with zero attached hydrogens (tertiary/aromatic N) is 1. The minimum atomic E-state index is -10.0. The van der Waals surface area contributed by atoms with Gasteiger partial charge in [-0.05, 0) is 59.3 Å². The summed E-state index contributed by atoms with van der Waals surface area (Å²) in [6.07, 6.45) is 0. The molecule has 0 heterocycles. The molecule has 3 aromatic carbocycles. The van der Waals surface area contributed by atoms with Crippen LogP contribution in [0, 0.1) is 34.1 Å². The van der Waals surface area contributed by atoms with Gasteiger partial charge >= 0.3 is 10.5 Å². The summed E-state index contributed by atoms with van der Waals surface area (Å²) in [5.74, 6) is 2.45. The van der Waals surface area contributed by atoms with E-state index in [1.54, 1.807) is 29.7 Å². The molecule has 32 heavy (non-hydrogen) atoms. The Bertz CT molecular complexity index is 1250. The fraction of sp³-hybridized carbons (Fsp3) is 0. The average molecular weight is 489 g/mol. The second-order valence-electron chi connectivity index (χ2n) is 6.30. The first kappa shape index (κ1) is 23.4. The largest absolute Gasteiger partial charge is 0.435 e. The second-order valence-corrected chi connectivity index (χ2v) is 9.05. The van der Waals surface area contributed by atoms with Crippen molar-refractivity contribution in [3.63, 3.8) is 0 Å². The second kappa shape index (κ2) is 7.69. The average Bonchev–Trinajstić information content (AvgIpc) is 2.68. The number of hydrogen-bond donors (Lipinski definition) is 0. The zero-order valence-corrected chi connectivity index (χ0v) is 17.2. The number of benzene rings is 3. The summed E-state index contributed by atoms with van der Waals surface area (Å²) in [5, 5.41) is 10.1. The molecule has 0 atom stereocenters. The third-order valence-corrected chi connectivity index (χ3v) is 5.02. The molecule has 0 radical (unpaired) electrons. The molecular formula is C21H10F7NOS2. The van der Waals surface area contributed by atoms with E-state index in [1.807, 2.05) is 0 Å². The van der Waals surface area contributed by atoms with Gasteiger partial charge in [-0.1, -0.05) is 55.5 Å². The van der Waals surface area contributed by atoms with Crippen molar-refractivity contribution >= 4 is 22.3 Å². The lowest BCUT2D eigenvalue weighted by molar-refractivity contribution is 0.243. The summed E-state index contributed by atoms with van der Waals surface area (Å²) in [6.45, 7) is 0. The van der Waals surface area contributed by atoms with E-state index in [1.165, 1.54) is 12.1 Å². The number of halogens is 7. The maximum absolute atomic E-state index is 13.8. The molecule has 0 aliphatic carbocycles. The van der Waals surface area contributed by atoms with E-state index in [0.29, 0.717) is 28.5 Å². The molecule has 0 saturated heterocycles. The lowest BCUT2D eigenvalue weighted by Gasteiger charge is -2.39. The Hall–Kier alpha value is -3.28. The Labute approximate surface area is 182 Å². The molecule has 0 bridgehead atoms. The third-order valence-electron chi connectivity index (χ3n) is 3.82. The highest BCUT2D eigenvalue weighted by Crippen LogP contribution is 2.97. The van der Waals surface area contributed by atoms with Gasteiger partial charge in [-0.3, -0.25) is 0 Å². The molecule has 2 nitrogen and oxygen atoms in total. The van der Waals surface area contributed by atoms with E-state index in [2.05, 4.69) is 16.0 Å². The van der Waals surface area contributed by atoms with Crippen LogP contribution in [-0.4, -0.2) is 0 Å². The minimum Gasteiger partial charge on any atom is -0.355 e. The molecule has 0 aliphatic rings. The quantitative estimate of drug-likeness (QED) is 0.160. The van der Waals surface area contributed by atoms with Gasteiger partial charge in [-0.25, -0.2) is 8.78 Å². The van der Waals surface area contributed by atoms with Crippen LogP contribution in [0.5, 0.6) is 5.75 Å². The number of rotatable bonds is 4. The summed E-state index contributed by atoms with van der Waals surface area (Å²) in [6, 6.07) is 12.2. The van der Waals surface area contributed by atoms with Crippen LogP contribution in [-0.2, 0) is 0 Å². The van der Waals surface area contributed by atoms with Crippen LogP contribution in [0.25, 0.3) is 11.1 Å². The van der Waals surface area contributed by atoms with E-state index in [-0.39, 0.29) is 5.56 Å². The van der Waals surface area contributed by atoms with Crippen molar-refractivity contribution in [1.82, 2.24) is 0 Å². The summed E-state index contributed by atoms with van der Waals surface area (Å²) in [7, 11) is -10.0. The molecule has 0 aromatic heterocycles. The maximum Gasteiger partial charge on any atom is 0.435 e. The molecule has 0 N–H and O–H groups in total. The lowest BCUT2D eigenvalue weighted by Crippen LogP contribution is -2.13. The first-order chi connectivity index (χ1) is 14.7. The topological polar surface area (TPSA) is 33.0 Å². The van der Waals surface area contributed by atoms with Crippen LogP contribution in [0.15, 0.2) is 65.6 Å². The standard InChI is InChI=1S/C21H10F7NOS2/c22-19-11-15(12-20(23)21(19)31-13-29)2-1-14-3-5-16(6-4-14)17-7-9-18(10-8-17)30-32(24,25,26,27)28/h3-12H. The molecule has 0 aliphatic heterocycles. The fourth-order valence-electron chi connectivity index (χ4n) is 2.55. The number of nitriles is 1. The number of thioether (sulfide) groups is 1. The van der Waals surface area contributed by atoms with Crippen molar-refractivity contribution in [2.75, 3.05) is 0 Å². The Kier molecular flexibility index (Phi) is 5.62. The first-order valence-corrected chi connectivity index (χ1v) is 11.1. The van der Waals surface area contributed by atoms with Crippen LogP contribution in [0.2, 0.25) is 0 Å². The third kappa shape index (κ3) is 6.61. The lowest BCUT2D eigenvalue weighted by atomic mass is 10.0. The van der Waals surface area contributed by atoms with Gasteiger partial charge in [0.05, 0.1) is 4.90 Å². The van der Waals surface area contributed by atoms with Crippen molar-refractivity contribution in [2.45, 2.75) is 4.90 Å². The van der Waals surface area contributed by atoms with Crippen LogP contribution >= 0.6 is 22.3 Å². The van der Waals surface area contributed by atoms with Gasteiger partial charge in [0.25, 0.3) is 0 Å². The van der Waals surface area contributed by atoms with Gasteiger partial charge in [0.15, 0.2) is 0 Å². The molecule has 0 saturated carbocycles.